The molecular formula is C9H7BrClFO2. The molecule has 1 aromatic rings. The van der Waals surface area contributed by atoms with E-state index >= 15 is 0 Å². The van der Waals surface area contributed by atoms with Crippen LogP contribution in [0, 0.1) is 5.82 Å². The molecule has 0 aliphatic heterocycles. The fourth-order valence-corrected chi connectivity index (χ4v) is 1.65. The normalized spacial score (nSPS) is 10.0. The molecule has 0 atom stereocenters. The molecule has 0 amide bonds. The van der Waals surface area contributed by atoms with Crippen molar-refractivity contribution in [1.82, 2.24) is 0 Å². The largest absolute Gasteiger partial charge is 0.465 e. The second-order valence-corrected chi connectivity index (χ2v) is 3.52. The Hall–Kier alpha value is -0.610. The maximum Gasteiger partial charge on any atom is 0.338 e. The minimum Gasteiger partial charge on any atom is -0.465 e. The highest BCUT2D eigenvalue weighted by molar-refractivity contribution is 9.08. The van der Waals surface area contributed by atoms with Crippen molar-refractivity contribution in [3.05, 3.63) is 34.1 Å². The number of carbonyl (C=O) groups is 1. The van der Waals surface area contributed by atoms with Gasteiger partial charge in [0, 0.05) is 5.33 Å². The van der Waals surface area contributed by atoms with Gasteiger partial charge in [-0.3, -0.25) is 0 Å². The van der Waals surface area contributed by atoms with Gasteiger partial charge in [-0.25, -0.2) is 9.18 Å². The number of hydrogen-bond acceptors (Lipinski definition) is 2. The number of ether oxygens (including phenoxy) is 1. The third-order valence-electron chi connectivity index (χ3n) is 1.70. The standard InChI is InChI=1S/C9H7BrClFO2/c1-14-9(13)6-3-8(12)7(11)2-5(6)4-10/h2-3H,4H2,1H3. The van der Waals surface area contributed by atoms with E-state index in [1.807, 2.05) is 0 Å². The van der Waals surface area contributed by atoms with Crippen LogP contribution in [0.3, 0.4) is 0 Å². The Kier molecular flexibility index (Phi) is 3.89. The minimum atomic E-state index is -0.628. The molecule has 1 aromatic carbocycles. The van der Waals surface area contributed by atoms with Crippen molar-refractivity contribution in [2.45, 2.75) is 5.33 Å². The molecule has 76 valence electrons. The van der Waals surface area contributed by atoms with E-state index in [0.29, 0.717) is 10.9 Å². The fraction of sp³-hybridized carbons (Fsp3) is 0.222. The van der Waals surface area contributed by atoms with E-state index < -0.39 is 11.8 Å². The Labute approximate surface area is 94.1 Å². The summed E-state index contributed by atoms with van der Waals surface area (Å²) in [6.07, 6.45) is 0. The maximum atomic E-state index is 13.0. The van der Waals surface area contributed by atoms with Crippen LogP contribution in [0.1, 0.15) is 15.9 Å². The Balaban J connectivity index is 3.27. The topological polar surface area (TPSA) is 26.3 Å². The van der Waals surface area contributed by atoms with E-state index in [0.717, 1.165) is 6.07 Å². The highest BCUT2D eigenvalue weighted by Gasteiger charge is 2.14. The molecule has 0 aliphatic carbocycles. The molecule has 0 radical (unpaired) electrons. The zero-order valence-electron chi connectivity index (χ0n) is 7.31. The molecule has 0 saturated carbocycles. The monoisotopic (exact) mass is 280 g/mol. The van der Waals surface area contributed by atoms with Crippen LogP contribution in [-0.4, -0.2) is 13.1 Å². The first-order valence-corrected chi connectivity index (χ1v) is 5.22. The smallest absolute Gasteiger partial charge is 0.338 e. The molecule has 0 unspecified atom stereocenters. The molecule has 1 rings (SSSR count). The molecule has 0 N–H and O–H groups in total. The predicted octanol–water partition coefficient (Wildman–Crippen LogP) is 3.16. The second-order valence-electron chi connectivity index (χ2n) is 2.55. The van der Waals surface area contributed by atoms with Crippen molar-refractivity contribution in [3.63, 3.8) is 0 Å². The van der Waals surface area contributed by atoms with Crippen LogP contribution in [0.4, 0.5) is 4.39 Å². The molecule has 0 aliphatic rings. The zero-order chi connectivity index (χ0) is 10.7. The lowest BCUT2D eigenvalue weighted by Gasteiger charge is -2.06. The number of hydrogen-bond donors (Lipinski definition) is 0. The number of esters is 1. The maximum absolute atomic E-state index is 13.0. The second kappa shape index (κ2) is 4.75. The summed E-state index contributed by atoms with van der Waals surface area (Å²) in [5, 5.41) is 0.407. The summed E-state index contributed by atoms with van der Waals surface area (Å²) in [6, 6.07) is 2.47. The van der Waals surface area contributed by atoms with Crippen molar-refractivity contribution >= 4 is 33.5 Å². The summed E-state index contributed by atoms with van der Waals surface area (Å²) in [6.45, 7) is 0. The average Bonchev–Trinajstić information content (AvgIpc) is 2.20. The molecule has 0 fully saturated rings. The van der Waals surface area contributed by atoms with Gasteiger partial charge in [-0.2, -0.15) is 0 Å². The van der Waals surface area contributed by atoms with Gasteiger partial charge in [-0.15, -0.1) is 0 Å². The van der Waals surface area contributed by atoms with E-state index in [4.69, 9.17) is 11.6 Å². The lowest BCUT2D eigenvalue weighted by molar-refractivity contribution is 0.0599. The van der Waals surface area contributed by atoms with E-state index in [-0.39, 0.29) is 10.6 Å². The van der Waals surface area contributed by atoms with Crippen molar-refractivity contribution in [2.75, 3.05) is 7.11 Å². The summed E-state index contributed by atoms with van der Waals surface area (Å²) in [5.74, 6) is -1.20. The fourth-order valence-electron chi connectivity index (χ4n) is 0.999. The molecule has 0 aromatic heterocycles. The lowest BCUT2D eigenvalue weighted by Crippen LogP contribution is -2.05. The van der Waals surface area contributed by atoms with Crippen LogP contribution in [-0.2, 0) is 10.1 Å². The third-order valence-corrected chi connectivity index (χ3v) is 2.59. The molecule has 5 heteroatoms. The number of benzene rings is 1. The number of carbonyl (C=O) groups excluding carboxylic acids is 1. The number of alkyl halides is 1. The predicted molar refractivity (Wildman–Crippen MR) is 55.4 cm³/mol. The van der Waals surface area contributed by atoms with Gasteiger partial charge in [0.1, 0.15) is 5.82 Å². The van der Waals surface area contributed by atoms with E-state index in [9.17, 15) is 9.18 Å². The molecule has 0 saturated heterocycles. The van der Waals surface area contributed by atoms with E-state index in [1.165, 1.54) is 13.2 Å². The first-order valence-electron chi connectivity index (χ1n) is 3.72. The molecule has 2 nitrogen and oxygen atoms in total. The van der Waals surface area contributed by atoms with Gasteiger partial charge in [0.25, 0.3) is 0 Å². The van der Waals surface area contributed by atoms with Crippen LogP contribution in [0.25, 0.3) is 0 Å². The van der Waals surface area contributed by atoms with E-state index in [1.54, 1.807) is 0 Å². The Morgan fingerprint density at radius 3 is 2.79 bits per heavy atom. The van der Waals surface area contributed by atoms with Crippen LogP contribution in [0.5, 0.6) is 0 Å². The van der Waals surface area contributed by atoms with Crippen LogP contribution >= 0.6 is 27.5 Å². The summed E-state index contributed by atoms with van der Waals surface area (Å²) < 4.78 is 17.5. The van der Waals surface area contributed by atoms with Crippen LogP contribution in [0.2, 0.25) is 5.02 Å². The van der Waals surface area contributed by atoms with Gasteiger partial charge in [0.05, 0.1) is 17.7 Å². The van der Waals surface area contributed by atoms with Crippen molar-refractivity contribution < 1.29 is 13.9 Å². The third kappa shape index (κ3) is 2.25. The number of halogens is 3. The Morgan fingerprint density at radius 2 is 2.29 bits per heavy atom. The van der Waals surface area contributed by atoms with Gasteiger partial charge in [0.15, 0.2) is 0 Å². The Morgan fingerprint density at radius 1 is 1.64 bits per heavy atom. The summed E-state index contributed by atoms with van der Waals surface area (Å²) in [4.78, 5) is 11.2. The SMILES string of the molecule is COC(=O)c1cc(F)c(Cl)cc1CBr. The lowest BCUT2D eigenvalue weighted by atomic mass is 10.1. The summed E-state index contributed by atoms with van der Waals surface area (Å²) >= 11 is 8.74. The van der Waals surface area contributed by atoms with Gasteiger partial charge in [-0.1, -0.05) is 27.5 Å². The van der Waals surface area contributed by atoms with E-state index in [2.05, 4.69) is 20.7 Å². The molecule has 0 heterocycles. The quantitative estimate of drug-likeness (QED) is 0.615. The molecule has 0 bridgehead atoms. The number of methoxy groups -OCH3 is 1. The van der Waals surface area contributed by atoms with Crippen molar-refractivity contribution in [3.8, 4) is 0 Å². The van der Waals surface area contributed by atoms with Crippen LogP contribution in [0.15, 0.2) is 12.1 Å². The first-order chi connectivity index (χ1) is 6.60. The first kappa shape index (κ1) is 11.5. The van der Waals surface area contributed by atoms with Gasteiger partial charge >= 0.3 is 5.97 Å². The van der Waals surface area contributed by atoms with Gasteiger partial charge in [-0.05, 0) is 17.7 Å². The molecule has 14 heavy (non-hydrogen) atoms. The highest BCUT2D eigenvalue weighted by Crippen LogP contribution is 2.22. The zero-order valence-corrected chi connectivity index (χ0v) is 9.65. The Bertz CT molecular complexity index is 368. The van der Waals surface area contributed by atoms with Crippen molar-refractivity contribution in [1.29, 1.82) is 0 Å². The minimum absolute atomic E-state index is 0.00731. The van der Waals surface area contributed by atoms with Crippen molar-refractivity contribution in [2.24, 2.45) is 0 Å². The van der Waals surface area contributed by atoms with Gasteiger partial charge in [0.2, 0.25) is 0 Å². The molecular weight excluding hydrogens is 274 g/mol. The summed E-state index contributed by atoms with van der Waals surface area (Å²) in [7, 11) is 1.24. The average molecular weight is 282 g/mol. The number of rotatable bonds is 2. The van der Waals surface area contributed by atoms with Crippen LogP contribution < -0.4 is 0 Å². The summed E-state index contributed by atoms with van der Waals surface area (Å²) in [5.41, 5.74) is 0.787. The highest BCUT2D eigenvalue weighted by atomic mass is 79.9. The van der Waals surface area contributed by atoms with Gasteiger partial charge < -0.3 is 4.74 Å². The molecule has 0 spiro atoms.